The van der Waals surface area contributed by atoms with Crippen LogP contribution in [0.1, 0.15) is 56.4 Å². The smallest absolute Gasteiger partial charge is 0.486 e. The third kappa shape index (κ3) is 3.31. The van der Waals surface area contributed by atoms with Crippen molar-refractivity contribution in [3.63, 3.8) is 0 Å². The second-order valence-corrected chi connectivity index (χ2v) is 6.00. The summed E-state index contributed by atoms with van der Waals surface area (Å²) in [4.78, 5) is 0. The summed E-state index contributed by atoms with van der Waals surface area (Å²) >= 11 is 0. The fraction of sp³-hybridized carbons (Fsp3) is 0.625. The molecule has 1 aromatic rings. The largest absolute Gasteiger partial charge is 0.573 e. The Kier molecular flexibility index (Phi) is 4.19. The molecule has 3 rings (SSSR count). The molecule has 0 N–H and O–H groups in total. The van der Waals surface area contributed by atoms with Crippen molar-refractivity contribution in [3.05, 3.63) is 23.5 Å². The van der Waals surface area contributed by atoms with Gasteiger partial charge in [-0.05, 0) is 49.7 Å². The number of alkyl halides is 3. The van der Waals surface area contributed by atoms with Crippen molar-refractivity contribution < 1.29 is 27.0 Å². The number of benzene rings is 1. The molecule has 0 heterocycles. The Morgan fingerprint density at radius 3 is 2.18 bits per heavy atom. The summed E-state index contributed by atoms with van der Waals surface area (Å²) in [7, 11) is 0. The zero-order chi connectivity index (χ0) is 15.7. The Morgan fingerprint density at radius 2 is 1.64 bits per heavy atom. The van der Waals surface area contributed by atoms with E-state index in [9.17, 15) is 17.6 Å². The van der Waals surface area contributed by atoms with E-state index in [0.29, 0.717) is 5.56 Å². The molecule has 2 saturated carbocycles. The molecule has 0 unspecified atom stereocenters. The van der Waals surface area contributed by atoms with Crippen LogP contribution >= 0.6 is 0 Å². The minimum Gasteiger partial charge on any atom is -0.486 e. The number of rotatable bonds is 4. The van der Waals surface area contributed by atoms with Gasteiger partial charge in [0.15, 0.2) is 11.6 Å². The van der Waals surface area contributed by atoms with Gasteiger partial charge in [0.25, 0.3) is 0 Å². The summed E-state index contributed by atoms with van der Waals surface area (Å²) < 4.78 is 61.8. The monoisotopic (exact) mass is 318 g/mol. The minimum absolute atomic E-state index is 0.0339. The number of hydrogen-bond donors (Lipinski definition) is 0. The quantitative estimate of drug-likeness (QED) is 0.700. The Labute approximate surface area is 126 Å². The van der Waals surface area contributed by atoms with Crippen LogP contribution in [0.3, 0.4) is 0 Å². The van der Waals surface area contributed by atoms with E-state index >= 15 is 0 Å². The van der Waals surface area contributed by atoms with Crippen LogP contribution < -0.4 is 9.47 Å². The molecular formula is C16H18F4O2. The average molecular weight is 318 g/mol. The highest BCUT2D eigenvalue weighted by atomic mass is 19.4. The van der Waals surface area contributed by atoms with Crippen LogP contribution in [0.2, 0.25) is 0 Å². The fourth-order valence-corrected chi connectivity index (χ4v) is 3.08. The first-order valence-electron chi connectivity index (χ1n) is 7.69. The zero-order valence-electron chi connectivity index (χ0n) is 12.1. The molecular weight excluding hydrogens is 300 g/mol. The van der Waals surface area contributed by atoms with Crippen LogP contribution in [0.25, 0.3) is 0 Å². The number of hydrogen-bond acceptors (Lipinski definition) is 2. The van der Waals surface area contributed by atoms with Gasteiger partial charge in [0.05, 0.1) is 6.10 Å². The highest BCUT2D eigenvalue weighted by Gasteiger charge is 2.36. The first kappa shape index (κ1) is 15.4. The topological polar surface area (TPSA) is 18.5 Å². The Hall–Kier alpha value is -1.46. The normalized spacial score (nSPS) is 20.0. The van der Waals surface area contributed by atoms with Crippen molar-refractivity contribution in [1.29, 1.82) is 0 Å². The van der Waals surface area contributed by atoms with Gasteiger partial charge in [-0.25, -0.2) is 4.39 Å². The second-order valence-electron chi connectivity index (χ2n) is 6.00. The van der Waals surface area contributed by atoms with Gasteiger partial charge < -0.3 is 9.47 Å². The molecule has 2 aliphatic carbocycles. The summed E-state index contributed by atoms with van der Waals surface area (Å²) in [6.07, 6.45) is 0.980. The van der Waals surface area contributed by atoms with Gasteiger partial charge in [0.2, 0.25) is 5.75 Å². The second kappa shape index (κ2) is 5.97. The highest BCUT2D eigenvalue weighted by Crippen LogP contribution is 2.43. The zero-order valence-corrected chi connectivity index (χ0v) is 12.1. The maximum atomic E-state index is 14.6. The molecule has 2 fully saturated rings. The van der Waals surface area contributed by atoms with E-state index in [-0.39, 0.29) is 17.8 Å². The average Bonchev–Trinajstić information content (AvgIpc) is 2.89. The molecule has 2 aliphatic rings. The molecule has 0 aromatic heterocycles. The van der Waals surface area contributed by atoms with Crippen molar-refractivity contribution >= 4 is 0 Å². The predicted molar refractivity (Wildman–Crippen MR) is 72.6 cm³/mol. The lowest BCUT2D eigenvalue weighted by Gasteiger charge is -2.28. The molecule has 122 valence electrons. The first-order chi connectivity index (χ1) is 10.4. The van der Waals surface area contributed by atoms with E-state index in [4.69, 9.17) is 4.74 Å². The van der Waals surface area contributed by atoms with Crippen molar-refractivity contribution in [1.82, 2.24) is 0 Å². The maximum Gasteiger partial charge on any atom is 0.573 e. The lowest BCUT2D eigenvalue weighted by Crippen LogP contribution is -2.26. The van der Waals surface area contributed by atoms with Gasteiger partial charge in [0.1, 0.15) is 0 Å². The van der Waals surface area contributed by atoms with E-state index < -0.39 is 17.9 Å². The molecule has 0 spiro atoms. The summed E-state index contributed by atoms with van der Waals surface area (Å²) in [5.41, 5.74) is 0.303. The molecule has 0 amide bonds. The summed E-state index contributed by atoms with van der Waals surface area (Å²) in [5.74, 6) is -1.93. The first-order valence-corrected chi connectivity index (χ1v) is 7.69. The SMILES string of the molecule is Fc1c(C2CCCC2)ccc(OC2CCC2)c1OC(F)(F)F. The fourth-order valence-electron chi connectivity index (χ4n) is 3.08. The van der Waals surface area contributed by atoms with Crippen LogP contribution in [-0.2, 0) is 0 Å². The summed E-state index contributed by atoms with van der Waals surface area (Å²) in [6, 6.07) is 2.96. The third-order valence-electron chi connectivity index (χ3n) is 4.45. The Bertz CT molecular complexity index is 532. The maximum absolute atomic E-state index is 14.6. The molecule has 0 radical (unpaired) electrons. The highest BCUT2D eigenvalue weighted by molar-refractivity contribution is 5.46. The van der Waals surface area contributed by atoms with E-state index in [1.807, 2.05) is 0 Å². The van der Waals surface area contributed by atoms with Crippen LogP contribution in [0, 0.1) is 5.82 Å². The van der Waals surface area contributed by atoms with Crippen molar-refractivity contribution in [2.45, 2.75) is 63.3 Å². The van der Waals surface area contributed by atoms with Crippen molar-refractivity contribution in [2.75, 3.05) is 0 Å². The van der Waals surface area contributed by atoms with Gasteiger partial charge in [-0.2, -0.15) is 0 Å². The Morgan fingerprint density at radius 1 is 0.955 bits per heavy atom. The van der Waals surface area contributed by atoms with E-state index in [1.165, 1.54) is 6.07 Å². The lowest BCUT2D eigenvalue weighted by atomic mass is 9.95. The number of halogens is 4. The van der Waals surface area contributed by atoms with E-state index in [0.717, 1.165) is 44.9 Å². The van der Waals surface area contributed by atoms with E-state index in [2.05, 4.69) is 4.74 Å². The molecule has 2 nitrogen and oxygen atoms in total. The standard InChI is InChI=1S/C16H18F4O2/c17-14-12(10-4-1-2-5-10)8-9-13(21-11-6-3-7-11)15(14)22-16(18,19)20/h8-11H,1-7H2. The van der Waals surface area contributed by atoms with Crippen LogP contribution in [0.5, 0.6) is 11.5 Å². The van der Waals surface area contributed by atoms with Crippen molar-refractivity contribution in [2.24, 2.45) is 0 Å². The molecule has 22 heavy (non-hydrogen) atoms. The van der Waals surface area contributed by atoms with Gasteiger partial charge >= 0.3 is 6.36 Å². The van der Waals surface area contributed by atoms with E-state index in [1.54, 1.807) is 6.07 Å². The molecule has 0 aliphatic heterocycles. The van der Waals surface area contributed by atoms with Crippen LogP contribution in [0.4, 0.5) is 17.6 Å². The van der Waals surface area contributed by atoms with Crippen LogP contribution in [0.15, 0.2) is 12.1 Å². The molecule has 6 heteroatoms. The molecule has 1 aromatic carbocycles. The molecule has 0 saturated heterocycles. The molecule has 0 atom stereocenters. The van der Waals surface area contributed by atoms with Crippen LogP contribution in [-0.4, -0.2) is 12.5 Å². The minimum atomic E-state index is -4.94. The third-order valence-corrected chi connectivity index (χ3v) is 4.45. The van der Waals surface area contributed by atoms with Crippen molar-refractivity contribution in [3.8, 4) is 11.5 Å². The van der Waals surface area contributed by atoms with Gasteiger partial charge in [-0.1, -0.05) is 18.9 Å². The summed E-state index contributed by atoms with van der Waals surface area (Å²) in [5, 5.41) is 0. The lowest BCUT2D eigenvalue weighted by molar-refractivity contribution is -0.276. The Balaban J connectivity index is 1.92. The molecule has 0 bridgehead atoms. The van der Waals surface area contributed by atoms with Gasteiger partial charge in [-0.15, -0.1) is 13.2 Å². The number of ether oxygens (including phenoxy) is 2. The predicted octanol–water partition coefficient (Wildman–Crippen LogP) is 5.31. The summed E-state index contributed by atoms with van der Waals surface area (Å²) in [6.45, 7) is 0. The van der Waals surface area contributed by atoms with Gasteiger partial charge in [-0.3, -0.25) is 0 Å². The van der Waals surface area contributed by atoms with Gasteiger partial charge in [0, 0.05) is 0 Å².